The average molecular weight is 555 g/mol. The van der Waals surface area contributed by atoms with Crippen LogP contribution < -0.4 is 0 Å². The maximum atomic E-state index is 4.28. The predicted octanol–water partition coefficient (Wildman–Crippen LogP) is 12.5. The minimum Gasteiger partial charge on any atom is -0.140 e. The minimum atomic E-state index is 1.11. The molecule has 1 heterocycles. The second kappa shape index (κ2) is 10.4. The summed E-state index contributed by atoms with van der Waals surface area (Å²) in [5.74, 6) is 0. The molecule has 42 heavy (non-hydrogen) atoms. The van der Waals surface area contributed by atoms with Crippen LogP contribution in [0.15, 0.2) is 129 Å². The van der Waals surface area contributed by atoms with Gasteiger partial charge in [0.2, 0.25) is 0 Å². The Morgan fingerprint density at radius 1 is 0.548 bits per heavy atom. The Kier molecular flexibility index (Phi) is 6.46. The van der Waals surface area contributed by atoms with E-state index in [1.54, 1.807) is 0 Å². The van der Waals surface area contributed by atoms with Gasteiger partial charge in [0.1, 0.15) is 0 Å². The highest BCUT2D eigenvalue weighted by atomic mass is 32.1. The lowest BCUT2D eigenvalue weighted by Crippen LogP contribution is -1.93. The zero-order valence-corrected chi connectivity index (χ0v) is 24.5. The first-order valence-electron chi connectivity index (χ1n) is 14.2. The first kappa shape index (κ1) is 26.0. The van der Waals surface area contributed by atoms with Crippen LogP contribution in [0.5, 0.6) is 0 Å². The molecule has 0 amide bonds. The van der Waals surface area contributed by atoms with Gasteiger partial charge in [0.25, 0.3) is 0 Å². The van der Waals surface area contributed by atoms with E-state index in [9.17, 15) is 0 Å². The van der Waals surface area contributed by atoms with Gasteiger partial charge in [-0.15, -0.1) is 11.3 Å². The third-order valence-electron chi connectivity index (χ3n) is 8.34. The van der Waals surface area contributed by atoms with Crippen molar-refractivity contribution in [2.75, 3.05) is 0 Å². The van der Waals surface area contributed by atoms with Crippen molar-refractivity contribution in [2.24, 2.45) is 0 Å². The van der Waals surface area contributed by atoms with Gasteiger partial charge in [-0.1, -0.05) is 117 Å². The maximum Gasteiger partial charge on any atom is 0.0352 e. The van der Waals surface area contributed by atoms with Crippen LogP contribution >= 0.6 is 11.3 Å². The molecule has 7 rings (SSSR count). The molecule has 0 radical (unpaired) electrons. The smallest absolute Gasteiger partial charge is 0.0352 e. The highest BCUT2D eigenvalue weighted by Crippen LogP contribution is 2.43. The van der Waals surface area contributed by atoms with Gasteiger partial charge in [0.05, 0.1) is 0 Å². The maximum absolute atomic E-state index is 4.28. The molecule has 1 heteroatoms. The van der Waals surface area contributed by atoms with Crippen LogP contribution in [0.1, 0.15) is 21.6 Å². The number of benzene rings is 6. The Balaban J connectivity index is 1.54. The molecule has 0 aliphatic heterocycles. The van der Waals surface area contributed by atoms with E-state index in [0.29, 0.717) is 0 Å². The van der Waals surface area contributed by atoms with Crippen LogP contribution in [0.4, 0.5) is 0 Å². The molecule has 0 unspecified atom stereocenters. The standard InChI is InChI=1S/C41H30S/c1-5-8-15-33-26(4)42-41-21-20-30(23-40(33)41)37-25-38-32(7-3)31(6-2)36(24-39(38)35-17-12-11-16-34(35)37)29-19-18-27-13-9-10-14-28(27)22-29/h5-25H,1-3H2,4H3/b15-8-. The van der Waals surface area contributed by atoms with E-state index in [1.165, 1.54) is 75.1 Å². The van der Waals surface area contributed by atoms with Crippen LogP contribution in [0.3, 0.4) is 0 Å². The van der Waals surface area contributed by atoms with Crippen molar-refractivity contribution >= 4 is 72.0 Å². The Morgan fingerprint density at radius 2 is 1.24 bits per heavy atom. The Hall–Kier alpha value is -4.98. The largest absolute Gasteiger partial charge is 0.140 e. The topological polar surface area (TPSA) is 0 Å². The van der Waals surface area contributed by atoms with E-state index in [0.717, 1.165) is 11.1 Å². The number of aryl methyl sites for hydroxylation is 1. The summed E-state index contributed by atoms with van der Waals surface area (Å²) in [6.07, 6.45) is 10.0. The number of rotatable bonds is 6. The molecular formula is C41H30S. The highest BCUT2D eigenvalue weighted by Gasteiger charge is 2.17. The van der Waals surface area contributed by atoms with Gasteiger partial charge in [-0.05, 0) is 109 Å². The Morgan fingerprint density at radius 3 is 2.02 bits per heavy atom. The third kappa shape index (κ3) is 4.13. The van der Waals surface area contributed by atoms with Crippen LogP contribution in [-0.2, 0) is 0 Å². The van der Waals surface area contributed by atoms with E-state index in [2.05, 4.69) is 130 Å². The average Bonchev–Trinajstić information content (AvgIpc) is 3.35. The van der Waals surface area contributed by atoms with Crippen LogP contribution in [0.2, 0.25) is 0 Å². The zero-order valence-electron chi connectivity index (χ0n) is 23.7. The van der Waals surface area contributed by atoms with Crippen molar-refractivity contribution in [1.82, 2.24) is 0 Å². The SMILES string of the molecule is C=C/C=C\c1c(C)sc2ccc(-c3cc4c(C=C)c(C=C)c(-c5ccc6ccccc6c5)cc4c4ccccc34)cc12. The summed E-state index contributed by atoms with van der Waals surface area (Å²) >= 11 is 1.84. The summed E-state index contributed by atoms with van der Waals surface area (Å²) in [6.45, 7) is 14.6. The summed E-state index contributed by atoms with van der Waals surface area (Å²) in [5.41, 5.74) is 8.27. The molecule has 0 spiro atoms. The molecule has 1 aromatic heterocycles. The van der Waals surface area contributed by atoms with Crippen molar-refractivity contribution in [1.29, 1.82) is 0 Å². The fourth-order valence-electron chi connectivity index (χ4n) is 6.34. The molecular weight excluding hydrogens is 525 g/mol. The van der Waals surface area contributed by atoms with Crippen LogP contribution in [0, 0.1) is 6.92 Å². The van der Waals surface area contributed by atoms with Crippen molar-refractivity contribution < 1.29 is 0 Å². The quantitative estimate of drug-likeness (QED) is 0.142. The highest BCUT2D eigenvalue weighted by molar-refractivity contribution is 7.19. The number of fused-ring (bicyclic) bond motifs is 5. The van der Waals surface area contributed by atoms with Crippen molar-refractivity contribution in [3.63, 3.8) is 0 Å². The predicted molar refractivity (Wildman–Crippen MR) is 189 cm³/mol. The lowest BCUT2D eigenvalue weighted by atomic mass is 9.85. The molecule has 6 aromatic carbocycles. The van der Waals surface area contributed by atoms with Gasteiger partial charge in [0, 0.05) is 15.0 Å². The van der Waals surface area contributed by atoms with Gasteiger partial charge in [-0.3, -0.25) is 0 Å². The van der Waals surface area contributed by atoms with Gasteiger partial charge in [-0.2, -0.15) is 0 Å². The second-order valence-electron chi connectivity index (χ2n) is 10.7. The molecule has 0 aliphatic carbocycles. The lowest BCUT2D eigenvalue weighted by Gasteiger charge is -2.18. The summed E-state index contributed by atoms with van der Waals surface area (Å²) < 4.78 is 1.30. The van der Waals surface area contributed by atoms with Gasteiger partial charge >= 0.3 is 0 Å². The molecule has 0 nitrogen and oxygen atoms in total. The summed E-state index contributed by atoms with van der Waals surface area (Å²) in [5, 5.41) is 8.63. The van der Waals surface area contributed by atoms with Gasteiger partial charge in [0.15, 0.2) is 0 Å². The summed E-state index contributed by atoms with van der Waals surface area (Å²) in [6, 6.07) is 35.6. The summed E-state index contributed by atoms with van der Waals surface area (Å²) in [7, 11) is 0. The summed E-state index contributed by atoms with van der Waals surface area (Å²) in [4.78, 5) is 1.31. The third-order valence-corrected chi connectivity index (χ3v) is 9.44. The molecule has 200 valence electrons. The number of thiophene rings is 1. The first-order valence-corrected chi connectivity index (χ1v) is 15.0. The fourth-order valence-corrected chi connectivity index (χ4v) is 7.37. The first-order chi connectivity index (χ1) is 20.6. The molecule has 0 saturated heterocycles. The zero-order chi connectivity index (χ0) is 28.8. The monoisotopic (exact) mass is 554 g/mol. The minimum absolute atomic E-state index is 1.11. The van der Waals surface area contributed by atoms with E-state index in [4.69, 9.17) is 0 Å². The number of hydrogen-bond donors (Lipinski definition) is 0. The normalized spacial score (nSPS) is 11.6. The Labute approximate surface area is 250 Å². The molecule has 0 fully saturated rings. The van der Waals surface area contributed by atoms with Crippen molar-refractivity contribution in [2.45, 2.75) is 6.92 Å². The van der Waals surface area contributed by atoms with Crippen LogP contribution in [-0.4, -0.2) is 0 Å². The molecule has 0 aliphatic rings. The second-order valence-corrected chi connectivity index (χ2v) is 11.9. The van der Waals surface area contributed by atoms with Crippen molar-refractivity contribution in [3.8, 4) is 22.3 Å². The molecule has 0 bridgehead atoms. The molecule has 7 aromatic rings. The van der Waals surface area contributed by atoms with E-state index in [-0.39, 0.29) is 0 Å². The van der Waals surface area contributed by atoms with E-state index < -0.39 is 0 Å². The van der Waals surface area contributed by atoms with Gasteiger partial charge < -0.3 is 0 Å². The fraction of sp³-hybridized carbons (Fsp3) is 0.0244. The Bertz CT molecular complexity index is 2250. The molecule has 0 N–H and O–H groups in total. The van der Waals surface area contributed by atoms with E-state index in [1.807, 2.05) is 35.6 Å². The molecule has 0 saturated carbocycles. The number of hydrogen-bond acceptors (Lipinski definition) is 1. The van der Waals surface area contributed by atoms with Crippen LogP contribution in [0.25, 0.3) is 82.9 Å². The lowest BCUT2D eigenvalue weighted by molar-refractivity contribution is 1.61. The molecule has 0 atom stereocenters. The van der Waals surface area contributed by atoms with E-state index >= 15 is 0 Å². The van der Waals surface area contributed by atoms with Crippen molar-refractivity contribution in [3.05, 3.63) is 151 Å². The number of allylic oxidation sites excluding steroid dienone is 2. The van der Waals surface area contributed by atoms with Gasteiger partial charge in [-0.25, -0.2) is 0 Å².